The van der Waals surface area contributed by atoms with E-state index in [1.807, 2.05) is 45.0 Å². The molecule has 0 heterocycles. The Kier molecular flexibility index (Phi) is 4.59. The van der Waals surface area contributed by atoms with Crippen molar-refractivity contribution in [3.8, 4) is 5.75 Å². The van der Waals surface area contributed by atoms with Gasteiger partial charge in [-0.2, -0.15) is 0 Å². The van der Waals surface area contributed by atoms with Crippen molar-refractivity contribution >= 4 is 11.6 Å². The largest absolute Gasteiger partial charge is 0.497 e. The average molecular weight is 250 g/mol. The normalized spacial score (nSPS) is 15.6. The molecular formula is C14H22N2O2. The van der Waals surface area contributed by atoms with Crippen LogP contribution in [0.3, 0.4) is 0 Å². The second kappa shape index (κ2) is 5.76. The fourth-order valence-electron chi connectivity index (χ4n) is 1.81. The molecule has 3 N–H and O–H groups in total. The van der Waals surface area contributed by atoms with Crippen LogP contribution in [0.1, 0.15) is 27.2 Å². The molecule has 0 fully saturated rings. The molecule has 0 aliphatic heterocycles. The summed E-state index contributed by atoms with van der Waals surface area (Å²) in [5, 5.41) is 3.23. The van der Waals surface area contributed by atoms with Crippen LogP contribution in [-0.2, 0) is 4.79 Å². The van der Waals surface area contributed by atoms with Crippen LogP contribution in [0.4, 0.5) is 5.69 Å². The van der Waals surface area contributed by atoms with Gasteiger partial charge in [0.1, 0.15) is 11.3 Å². The van der Waals surface area contributed by atoms with Crippen molar-refractivity contribution in [2.75, 3.05) is 12.4 Å². The quantitative estimate of drug-likeness (QED) is 0.814. The van der Waals surface area contributed by atoms with Gasteiger partial charge in [-0.1, -0.05) is 20.3 Å². The fraction of sp³-hybridized carbons (Fsp3) is 0.500. The van der Waals surface area contributed by atoms with Crippen molar-refractivity contribution in [3.63, 3.8) is 0 Å². The number of hydrogen-bond donors (Lipinski definition) is 2. The number of carbonyl (C=O) groups excluding carboxylic acids is 1. The number of hydrogen-bond acceptors (Lipinski definition) is 3. The van der Waals surface area contributed by atoms with Crippen molar-refractivity contribution in [2.45, 2.75) is 32.7 Å². The van der Waals surface area contributed by atoms with E-state index in [-0.39, 0.29) is 11.8 Å². The van der Waals surface area contributed by atoms with Gasteiger partial charge in [-0.15, -0.1) is 0 Å². The Labute approximate surface area is 109 Å². The van der Waals surface area contributed by atoms with Crippen LogP contribution in [0.25, 0.3) is 0 Å². The topological polar surface area (TPSA) is 64.3 Å². The molecule has 1 rings (SSSR count). The Bertz CT molecular complexity index is 403. The molecule has 0 saturated heterocycles. The number of methoxy groups -OCH3 is 1. The van der Waals surface area contributed by atoms with E-state index in [1.54, 1.807) is 7.11 Å². The van der Waals surface area contributed by atoms with Crippen LogP contribution in [0.2, 0.25) is 0 Å². The fourth-order valence-corrected chi connectivity index (χ4v) is 1.81. The van der Waals surface area contributed by atoms with Crippen LogP contribution < -0.4 is 15.8 Å². The molecule has 0 spiro atoms. The van der Waals surface area contributed by atoms with Crippen molar-refractivity contribution in [1.82, 2.24) is 0 Å². The van der Waals surface area contributed by atoms with Gasteiger partial charge in [0.15, 0.2) is 0 Å². The van der Waals surface area contributed by atoms with Crippen molar-refractivity contribution in [2.24, 2.45) is 11.7 Å². The first-order valence-electron chi connectivity index (χ1n) is 6.16. The van der Waals surface area contributed by atoms with Crippen LogP contribution in [0.15, 0.2) is 24.3 Å². The number of carbonyl (C=O) groups is 1. The third-order valence-electron chi connectivity index (χ3n) is 3.60. The van der Waals surface area contributed by atoms with Gasteiger partial charge >= 0.3 is 0 Å². The highest BCUT2D eigenvalue weighted by molar-refractivity contribution is 5.87. The molecule has 0 aliphatic rings. The van der Waals surface area contributed by atoms with Gasteiger partial charge in [-0.3, -0.25) is 4.79 Å². The molecule has 100 valence electrons. The first-order chi connectivity index (χ1) is 8.43. The maximum atomic E-state index is 11.7. The summed E-state index contributed by atoms with van der Waals surface area (Å²) in [7, 11) is 1.62. The number of primary amides is 1. The SMILES string of the molecule is CCC(C)C(C)(Nc1ccc(OC)cc1)C(N)=O. The summed E-state index contributed by atoms with van der Waals surface area (Å²) in [6.45, 7) is 5.90. The molecule has 1 amide bonds. The molecule has 4 heteroatoms. The second-order valence-corrected chi connectivity index (χ2v) is 4.73. The summed E-state index contributed by atoms with van der Waals surface area (Å²) in [5.41, 5.74) is 5.64. The van der Waals surface area contributed by atoms with E-state index in [0.29, 0.717) is 0 Å². The van der Waals surface area contributed by atoms with Gasteiger partial charge in [0.05, 0.1) is 7.11 Å². The van der Waals surface area contributed by atoms with Crippen LogP contribution in [0, 0.1) is 5.92 Å². The van der Waals surface area contributed by atoms with E-state index in [9.17, 15) is 4.79 Å². The lowest BCUT2D eigenvalue weighted by molar-refractivity contribution is -0.123. The lowest BCUT2D eigenvalue weighted by Gasteiger charge is -2.34. The maximum Gasteiger partial charge on any atom is 0.243 e. The molecule has 1 aromatic carbocycles. The minimum atomic E-state index is -0.747. The van der Waals surface area contributed by atoms with Gasteiger partial charge in [0.25, 0.3) is 0 Å². The number of nitrogens with two attached hydrogens (primary N) is 1. The Hall–Kier alpha value is -1.71. The van der Waals surface area contributed by atoms with E-state index in [4.69, 9.17) is 10.5 Å². The lowest BCUT2D eigenvalue weighted by Crippen LogP contribution is -2.52. The molecule has 4 nitrogen and oxygen atoms in total. The molecule has 1 aromatic rings. The predicted octanol–water partition coefficient (Wildman–Crippen LogP) is 2.40. The zero-order valence-electron chi connectivity index (χ0n) is 11.5. The minimum Gasteiger partial charge on any atom is -0.497 e. The molecule has 0 aromatic heterocycles. The number of rotatable bonds is 6. The van der Waals surface area contributed by atoms with Gasteiger partial charge in [0.2, 0.25) is 5.91 Å². The number of nitrogens with one attached hydrogen (secondary N) is 1. The molecule has 0 bridgehead atoms. The van der Waals surface area contributed by atoms with Gasteiger partial charge in [-0.25, -0.2) is 0 Å². The predicted molar refractivity (Wildman–Crippen MR) is 73.7 cm³/mol. The highest BCUT2D eigenvalue weighted by Crippen LogP contribution is 2.26. The van der Waals surface area contributed by atoms with Gasteiger partial charge in [0, 0.05) is 5.69 Å². The molecule has 0 aliphatic carbocycles. The summed E-state index contributed by atoms with van der Waals surface area (Å²) in [4.78, 5) is 11.7. The minimum absolute atomic E-state index is 0.150. The van der Waals surface area contributed by atoms with Crippen LogP contribution in [0.5, 0.6) is 5.75 Å². The Morgan fingerprint density at radius 2 is 2.00 bits per heavy atom. The second-order valence-electron chi connectivity index (χ2n) is 4.73. The molecular weight excluding hydrogens is 228 g/mol. The van der Waals surface area contributed by atoms with Crippen molar-refractivity contribution < 1.29 is 9.53 Å². The zero-order chi connectivity index (χ0) is 13.8. The number of amides is 1. The average Bonchev–Trinajstić information content (AvgIpc) is 2.38. The van der Waals surface area contributed by atoms with E-state index < -0.39 is 5.54 Å². The maximum absolute atomic E-state index is 11.7. The van der Waals surface area contributed by atoms with Gasteiger partial charge < -0.3 is 15.8 Å². The summed E-state index contributed by atoms with van der Waals surface area (Å²) >= 11 is 0. The third kappa shape index (κ3) is 2.94. The number of ether oxygens (including phenoxy) is 1. The lowest BCUT2D eigenvalue weighted by atomic mass is 9.84. The number of anilines is 1. The van der Waals surface area contributed by atoms with Crippen LogP contribution >= 0.6 is 0 Å². The summed E-state index contributed by atoms with van der Waals surface area (Å²) < 4.78 is 5.10. The van der Waals surface area contributed by atoms with E-state index in [1.165, 1.54) is 0 Å². The molecule has 18 heavy (non-hydrogen) atoms. The molecule has 2 unspecified atom stereocenters. The molecule has 0 saturated carbocycles. The smallest absolute Gasteiger partial charge is 0.243 e. The third-order valence-corrected chi connectivity index (χ3v) is 3.60. The number of benzene rings is 1. The van der Waals surface area contributed by atoms with Crippen molar-refractivity contribution in [3.05, 3.63) is 24.3 Å². The Balaban J connectivity index is 2.93. The molecule has 0 radical (unpaired) electrons. The van der Waals surface area contributed by atoms with Crippen LogP contribution in [-0.4, -0.2) is 18.6 Å². The van der Waals surface area contributed by atoms with E-state index in [2.05, 4.69) is 5.32 Å². The van der Waals surface area contributed by atoms with Crippen molar-refractivity contribution in [1.29, 1.82) is 0 Å². The Morgan fingerprint density at radius 1 is 1.44 bits per heavy atom. The summed E-state index contributed by atoms with van der Waals surface area (Å²) in [5.74, 6) is 0.592. The van der Waals surface area contributed by atoms with E-state index >= 15 is 0 Å². The highest BCUT2D eigenvalue weighted by atomic mass is 16.5. The summed E-state index contributed by atoms with van der Waals surface area (Å²) in [6, 6.07) is 7.45. The Morgan fingerprint density at radius 3 is 2.39 bits per heavy atom. The van der Waals surface area contributed by atoms with Gasteiger partial charge in [-0.05, 0) is 37.1 Å². The van der Waals surface area contributed by atoms with E-state index in [0.717, 1.165) is 17.9 Å². The molecule has 2 atom stereocenters. The first-order valence-corrected chi connectivity index (χ1v) is 6.16. The summed E-state index contributed by atoms with van der Waals surface area (Å²) in [6.07, 6.45) is 0.878. The highest BCUT2D eigenvalue weighted by Gasteiger charge is 2.36. The monoisotopic (exact) mass is 250 g/mol. The zero-order valence-corrected chi connectivity index (χ0v) is 11.5. The first kappa shape index (κ1) is 14.4. The standard InChI is InChI=1S/C14H22N2O2/c1-5-10(2)14(3,13(15)17)16-11-6-8-12(18-4)9-7-11/h6-10,16H,5H2,1-4H3,(H2,15,17).